The molecule has 0 aliphatic heterocycles. The van der Waals surface area contributed by atoms with Crippen molar-refractivity contribution in [2.45, 2.75) is 0 Å². The molecular weight excluding hydrogens is 254 g/mol. The van der Waals surface area contributed by atoms with E-state index < -0.39 is 0 Å². The molecule has 0 fully saturated rings. The highest BCUT2D eigenvalue weighted by atomic mass is 16.3. The Morgan fingerprint density at radius 2 is 2.00 bits per heavy atom. The first-order chi connectivity index (χ1) is 9.83. The van der Waals surface area contributed by atoms with Crippen molar-refractivity contribution < 1.29 is 5.11 Å². The largest absolute Gasteiger partial charge is 0.872 e. The average Bonchev–Trinajstić information content (AvgIpc) is 3.01. The first-order valence-electron chi connectivity index (χ1n) is 5.97. The minimum Gasteiger partial charge on any atom is -0.872 e. The number of rotatable bonds is 3. The number of hydrogen-bond donors (Lipinski definition) is 1. The SMILES string of the molecule is [O-]c1ccccc1C=Nc1cccc(-c2nn[nH]n2)c1. The predicted octanol–water partition coefficient (Wildman–Crippen LogP) is 1.69. The molecule has 20 heavy (non-hydrogen) atoms. The number of hydrogen-bond acceptors (Lipinski definition) is 5. The third-order valence-electron chi connectivity index (χ3n) is 2.72. The fourth-order valence-corrected chi connectivity index (χ4v) is 1.74. The Kier molecular flexibility index (Phi) is 3.20. The van der Waals surface area contributed by atoms with Crippen molar-refractivity contribution in [1.82, 2.24) is 20.6 Å². The van der Waals surface area contributed by atoms with E-state index in [-0.39, 0.29) is 5.75 Å². The van der Waals surface area contributed by atoms with E-state index in [1.165, 1.54) is 6.07 Å². The van der Waals surface area contributed by atoms with E-state index in [1.54, 1.807) is 24.4 Å². The van der Waals surface area contributed by atoms with Gasteiger partial charge in [-0.2, -0.15) is 5.21 Å². The molecule has 6 nitrogen and oxygen atoms in total. The Balaban J connectivity index is 1.89. The van der Waals surface area contributed by atoms with Gasteiger partial charge in [-0.05, 0) is 22.9 Å². The summed E-state index contributed by atoms with van der Waals surface area (Å²) in [4.78, 5) is 4.30. The fraction of sp³-hybridized carbons (Fsp3) is 0. The lowest BCUT2D eigenvalue weighted by Crippen LogP contribution is -1.94. The molecule has 98 valence electrons. The quantitative estimate of drug-likeness (QED) is 0.729. The summed E-state index contributed by atoms with van der Waals surface area (Å²) >= 11 is 0. The van der Waals surface area contributed by atoms with Gasteiger partial charge in [-0.3, -0.25) is 4.99 Å². The molecule has 0 atom stereocenters. The van der Waals surface area contributed by atoms with Crippen molar-refractivity contribution >= 4 is 11.9 Å². The molecule has 0 amide bonds. The van der Waals surface area contributed by atoms with Crippen LogP contribution < -0.4 is 5.11 Å². The standard InChI is InChI=1S/C14H11N5O/c20-13-7-2-1-4-11(13)9-15-12-6-3-5-10(8-12)14-16-18-19-17-14/h1-9,20H,(H,16,17,18,19)/p-1. The summed E-state index contributed by atoms with van der Waals surface area (Å²) < 4.78 is 0. The Bertz CT molecular complexity index is 737. The highest BCUT2D eigenvalue weighted by Crippen LogP contribution is 2.21. The highest BCUT2D eigenvalue weighted by molar-refractivity contribution is 5.85. The highest BCUT2D eigenvalue weighted by Gasteiger charge is 2.02. The molecule has 2 aromatic carbocycles. The van der Waals surface area contributed by atoms with Gasteiger partial charge in [0.25, 0.3) is 0 Å². The van der Waals surface area contributed by atoms with Crippen molar-refractivity contribution in [3.8, 4) is 17.1 Å². The van der Waals surface area contributed by atoms with Gasteiger partial charge in [-0.15, -0.1) is 15.9 Å². The lowest BCUT2D eigenvalue weighted by molar-refractivity contribution is -0.268. The Morgan fingerprint density at radius 3 is 2.80 bits per heavy atom. The minimum atomic E-state index is -0.0504. The maximum atomic E-state index is 11.6. The summed E-state index contributed by atoms with van der Waals surface area (Å²) in [6.45, 7) is 0. The fourth-order valence-electron chi connectivity index (χ4n) is 1.74. The summed E-state index contributed by atoms with van der Waals surface area (Å²) in [5.74, 6) is 0.455. The molecular formula is C14H10N5O-. The first-order valence-corrected chi connectivity index (χ1v) is 5.97. The van der Waals surface area contributed by atoms with Crippen LogP contribution in [-0.2, 0) is 0 Å². The van der Waals surface area contributed by atoms with Crippen molar-refractivity contribution in [3.05, 3.63) is 54.1 Å². The van der Waals surface area contributed by atoms with Gasteiger partial charge in [0.2, 0.25) is 5.82 Å². The van der Waals surface area contributed by atoms with Crippen molar-refractivity contribution in [2.24, 2.45) is 4.99 Å². The molecule has 0 bridgehead atoms. The van der Waals surface area contributed by atoms with E-state index in [4.69, 9.17) is 0 Å². The second-order valence-electron chi connectivity index (χ2n) is 4.08. The molecule has 1 aromatic heterocycles. The van der Waals surface area contributed by atoms with Crippen LogP contribution in [0, 0.1) is 0 Å². The van der Waals surface area contributed by atoms with Crippen LogP contribution in [0.15, 0.2) is 53.5 Å². The van der Waals surface area contributed by atoms with Gasteiger partial charge in [-0.1, -0.05) is 36.4 Å². The van der Waals surface area contributed by atoms with E-state index >= 15 is 0 Å². The maximum absolute atomic E-state index is 11.6. The Labute approximate surface area is 114 Å². The zero-order chi connectivity index (χ0) is 13.8. The summed E-state index contributed by atoms with van der Waals surface area (Å²) in [6.07, 6.45) is 1.55. The maximum Gasteiger partial charge on any atom is 0.204 e. The summed E-state index contributed by atoms with van der Waals surface area (Å²) in [6, 6.07) is 14.1. The van der Waals surface area contributed by atoms with E-state index in [2.05, 4.69) is 25.6 Å². The van der Waals surface area contributed by atoms with Crippen molar-refractivity contribution in [2.75, 3.05) is 0 Å². The van der Waals surface area contributed by atoms with Crippen LogP contribution in [0.2, 0.25) is 0 Å². The number of H-pyrrole nitrogens is 1. The van der Waals surface area contributed by atoms with E-state index in [0.29, 0.717) is 11.4 Å². The monoisotopic (exact) mass is 264 g/mol. The van der Waals surface area contributed by atoms with Crippen LogP contribution in [0.4, 0.5) is 5.69 Å². The van der Waals surface area contributed by atoms with Crippen LogP contribution in [0.25, 0.3) is 11.4 Å². The zero-order valence-corrected chi connectivity index (χ0v) is 10.4. The topological polar surface area (TPSA) is 89.9 Å². The number of aromatic nitrogens is 4. The number of nitrogens with zero attached hydrogens (tertiary/aromatic N) is 4. The van der Waals surface area contributed by atoms with Crippen LogP contribution in [0.5, 0.6) is 5.75 Å². The van der Waals surface area contributed by atoms with Gasteiger partial charge < -0.3 is 5.11 Å². The second kappa shape index (κ2) is 5.31. The first kappa shape index (κ1) is 12.0. The molecule has 0 spiro atoms. The van der Waals surface area contributed by atoms with Crippen LogP contribution in [0.1, 0.15) is 5.56 Å². The number of aromatic amines is 1. The third-order valence-corrected chi connectivity index (χ3v) is 2.72. The van der Waals surface area contributed by atoms with Gasteiger partial charge in [0.05, 0.1) is 5.69 Å². The summed E-state index contributed by atoms with van der Waals surface area (Å²) in [5.41, 5.74) is 2.08. The molecule has 0 saturated heterocycles. The number of para-hydroxylation sites is 1. The average molecular weight is 264 g/mol. The van der Waals surface area contributed by atoms with Gasteiger partial charge in [0.15, 0.2) is 0 Å². The summed E-state index contributed by atoms with van der Waals surface area (Å²) in [5, 5.41) is 25.3. The van der Waals surface area contributed by atoms with E-state index in [9.17, 15) is 5.11 Å². The van der Waals surface area contributed by atoms with E-state index in [0.717, 1.165) is 11.3 Å². The Hall–Kier alpha value is -3.02. The van der Waals surface area contributed by atoms with Crippen LogP contribution >= 0.6 is 0 Å². The number of benzene rings is 2. The molecule has 0 radical (unpaired) electrons. The normalized spacial score (nSPS) is 11.0. The van der Waals surface area contributed by atoms with Crippen LogP contribution in [-0.4, -0.2) is 26.8 Å². The number of aliphatic imine (C=N–C) groups is 1. The lowest BCUT2D eigenvalue weighted by Gasteiger charge is -2.07. The van der Waals surface area contributed by atoms with Gasteiger partial charge in [0.1, 0.15) is 0 Å². The smallest absolute Gasteiger partial charge is 0.204 e. The molecule has 6 heteroatoms. The predicted molar refractivity (Wildman–Crippen MR) is 72.8 cm³/mol. The molecule has 3 rings (SSSR count). The molecule has 0 aliphatic rings. The van der Waals surface area contributed by atoms with E-state index in [1.807, 2.05) is 24.3 Å². The molecule has 0 aliphatic carbocycles. The van der Waals surface area contributed by atoms with Crippen LogP contribution in [0.3, 0.4) is 0 Å². The number of tetrazole rings is 1. The lowest BCUT2D eigenvalue weighted by atomic mass is 10.2. The minimum absolute atomic E-state index is 0.0504. The zero-order valence-electron chi connectivity index (χ0n) is 10.4. The second-order valence-corrected chi connectivity index (χ2v) is 4.08. The number of nitrogens with one attached hydrogen (secondary N) is 1. The van der Waals surface area contributed by atoms with Crippen molar-refractivity contribution in [1.29, 1.82) is 0 Å². The molecule has 3 aromatic rings. The van der Waals surface area contributed by atoms with Gasteiger partial charge >= 0.3 is 0 Å². The Morgan fingerprint density at radius 1 is 1.10 bits per heavy atom. The molecule has 1 N–H and O–H groups in total. The molecule has 1 heterocycles. The molecule has 0 unspecified atom stereocenters. The van der Waals surface area contributed by atoms with Gasteiger partial charge in [0, 0.05) is 11.8 Å². The third kappa shape index (κ3) is 2.54. The summed E-state index contributed by atoms with van der Waals surface area (Å²) in [7, 11) is 0. The van der Waals surface area contributed by atoms with Crippen molar-refractivity contribution in [3.63, 3.8) is 0 Å². The molecule has 0 saturated carbocycles. The van der Waals surface area contributed by atoms with Gasteiger partial charge in [-0.25, -0.2) is 0 Å².